The summed E-state index contributed by atoms with van der Waals surface area (Å²) in [7, 11) is 1.70. The highest BCUT2D eigenvalue weighted by Crippen LogP contribution is 2.22. The van der Waals surface area contributed by atoms with Crippen LogP contribution in [0.25, 0.3) is 10.9 Å². The highest BCUT2D eigenvalue weighted by molar-refractivity contribution is 7.09. The first-order valence-electron chi connectivity index (χ1n) is 6.30. The lowest BCUT2D eigenvalue weighted by Gasteiger charge is -2.05. The zero-order valence-electron chi connectivity index (χ0n) is 11.1. The van der Waals surface area contributed by atoms with E-state index in [2.05, 4.69) is 40.9 Å². The van der Waals surface area contributed by atoms with Crippen molar-refractivity contribution in [3.8, 4) is 5.75 Å². The molecule has 0 atom stereocenters. The fraction of sp³-hybridized carbons (Fsp3) is 0.267. The van der Waals surface area contributed by atoms with Crippen LogP contribution in [0.5, 0.6) is 5.75 Å². The van der Waals surface area contributed by atoms with Gasteiger partial charge in [-0.25, -0.2) is 4.98 Å². The molecule has 0 radical (unpaired) electrons. The lowest BCUT2D eigenvalue weighted by molar-refractivity contribution is 0.415. The maximum absolute atomic E-state index is 5.25. The summed E-state index contributed by atoms with van der Waals surface area (Å²) < 4.78 is 7.54. The second kappa shape index (κ2) is 5.05. The van der Waals surface area contributed by atoms with Crippen molar-refractivity contribution in [3.05, 3.63) is 46.5 Å². The van der Waals surface area contributed by atoms with Gasteiger partial charge in [0.25, 0.3) is 0 Å². The molecule has 1 aromatic carbocycles. The summed E-state index contributed by atoms with van der Waals surface area (Å²) in [6, 6.07) is 8.34. The van der Waals surface area contributed by atoms with Crippen LogP contribution in [-0.2, 0) is 13.0 Å². The molecule has 3 rings (SSSR count). The topological polar surface area (TPSA) is 27.1 Å². The molecule has 0 aliphatic carbocycles. The van der Waals surface area contributed by atoms with Gasteiger partial charge in [0.05, 0.1) is 18.3 Å². The lowest BCUT2D eigenvalue weighted by Crippen LogP contribution is -1.99. The normalized spacial score (nSPS) is 11.1. The highest BCUT2D eigenvalue weighted by atomic mass is 32.1. The minimum atomic E-state index is 0.906. The van der Waals surface area contributed by atoms with Crippen molar-refractivity contribution >= 4 is 22.2 Å². The molecule has 0 saturated heterocycles. The number of benzene rings is 1. The fourth-order valence-corrected chi connectivity index (χ4v) is 3.06. The van der Waals surface area contributed by atoms with Crippen molar-refractivity contribution in [2.45, 2.75) is 19.9 Å². The Bertz CT molecular complexity index is 699. The Hall–Kier alpha value is -1.81. The standard InChI is InChI=1S/C15H16N2OS/c1-11-15(19-10-16-11)6-8-17-7-5-12-9-13(18-2)3-4-14(12)17/h3-5,7,9-10H,6,8H2,1-2H3. The Kier molecular flexibility index (Phi) is 3.25. The number of thiazole rings is 1. The van der Waals surface area contributed by atoms with Gasteiger partial charge in [0.15, 0.2) is 0 Å². The van der Waals surface area contributed by atoms with Gasteiger partial charge in [0.2, 0.25) is 0 Å². The number of aromatic nitrogens is 2. The van der Waals surface area contributed by atoms with Gasteiger partial charge in [-0.3, -0.25) is 0 Å². The number of ether oxygens (including phenoxy) is 1. The highest BCUT2D eigenvalue weighted by Gasteiger charge is 2.05. The zero-order chi connectivity index (χ0) is 13.2. The number of hydrogen-bond donors (Lipinski definition) is 0. The van der Waals surface area contributed by atoms with Crippen molar-refractivity contribution in [1.29, 1.82) is 0 Å². The van der Waals surface area contributed by atoms with Crippen LogP contribution in [0.15, 0.2) is 36.0 Å². The zero-order valence-corrected chi connectivity index (χ0v) is 11.9. The summed E-state index contributed by atoms with van der Waals surface area (Å²) in [5.74, 6) is 0.906. The van der Waals surface area contributed by atoms with Gasteiger partial charge in [0, 0.05) is 34.9 Å². The second-order valence-corrected chi connectivity index (χ2v) is 5.48. The molecule has 2 aromatic heterocycles. The Morgan fingerprint density at radius 2 is 2.21 bits per heavy atom. The van der Waals surface area contributed by atoms with E-state index < -0.39 is 0 Å². The van der Waals surface area contributed by atoms with E-state index in [1.54, 1.807) is 18.4 Å². The average molecular weight is 272 g/mol. The Morgan fingerprint density at radius 3 is 2.95 bits per heavy atom. The molecule has 2 heterocycles. The van der Waals surface area contributed by atoms with Crippen molar-refractivity contribution in [1.82, 2.24) is 9.55 Å². The number of rotatable bonds is 4. The van der Waals surface area contributed by atoms with Crippen LogP contribution in [0, 0.1) is 6.92 Å². The summed E-state index contributed by atoms with van der Waals surface area (Å²) in [4.78, 5) is 5.66. The van der Waals surface area contributed by atoms with E-state index in [-0.39, 0.29) is 0 Å². The third-order valence-corrected chi connectivity index (χ3v) is 4.40. The van der Waals surface area contributed by atoms with Crippen LogP contribution >= 0.6 is 11.3 Å². The molecule has 3 aromatic rings. The van der Waals surface area contributed by atoms with Crippen LogP contribution in [0.3, 0.4) is 0 Å². The molecule has 0 fully saturated rings. The van der Waals surface area contributed by atoms with Crippen molar-refractivity contribution in [3.63, 3.8) is 0 Å². The van der Waals surface area contributed by atoms with E-state index in [4.69, 9.17) is 4.74 Å². The molecule has 0 N–H and O–H groups in total. The summed E-state index contributed by atoms with van der Waals surface area (Å²) in [6.07, 6.45) is 3.17. The Morgan fingerprint density at radius 1 is 1.32 bits per heavy atom. The molecule has 3 nitrogen and oxygen atoms in total. The molecule has 0 bridgehead atoms. The van der Waals surface area contributed by atoms with E-state index in [9.17, 15) is 0 Å². The van der Waals surface area contributed by atoms with Gasteiger partial charge in [0.1, 0.15) is 5.75 Å². The second-order valence-electron chi connectivity index (χ2n) is 4.54. The first-order chi connectivity index (χ1) is 9.28. The van der Waals surface area contributed by atoms with Crippen LogP contribution in [0.2, 0.25) is 0 Å². The van der Waals surface area contributed by atoms with Gasteiger partial charge in [-0.15, -0.1) is 11.3 Å². The molecular formula is C15H16N2OS. The van der Waals surface area contributed by atoms with Crippen molar-refractivity contribution in [2.75, 3.05) is 7.11 Å². The first kappa shape index (κ1) is 12.2. The SMILES string of the molecule is COc1ccc2c(ccn2CCc2scnc2C)c1. The third kappa shape index (κ3) is 2.36. The van der Waals surface area contributed by atoms with Gasteiger partial charge in [-0.05, 0) is 31.2 Å². The summed E-state index contributed by atoms with van der Waals surface area (Å²) in [6.45, 7) is 3.06. The molecule has 0 amide bonds. The average Bonchev–Trinajstić information content (AvgIpc) is 3.02. The largest absolute Gasteiger partial charge is 0.497 e. The monoisotopic (exact) mass is 272 g/mol. The number of hydrogen-bond acceptors (Lipinski definition) is 3. The number of nitrogens with zero attached hydrogens (tertiary/aromatic N) is 2. The predicted octanol–water partition coefficient (Wildman–Crippen LogP) is 3.66. The Labute approximate surface area is 116 Å². The molecule has 0 aliphatic rings. The van der Waals surface area contributed by atoms with E-state index in [0.717, 1.165) is 24.4 Å². The molecule has 4 heteroatoms. The molecule has 0 saturated carbocycles. The van der Waals surface area contributed by atoms with E-state index >= 15 is 0 Å². The summed E-state index contributed by atoms with van der Waals surface area (Å²) >= 11 is 1.74. The molecule has 0 aliphatic heterocycles. The summed E-state index contributed by atoms with van der Waals surface area (Å²) in [5, 5.41) is 1.22. The van der Waals surface area contributed by atoms with E-state index in [1.165, 1.54) is 15.8 Å². The van der Waals surface area contributed by atoms with Gasteiger partial charge in [-0.1, -0.05) is 0 Å². The smallest absolute Gasteiger partial charge is 0.119 e. The van der Waals surface area contributed by atoms with Crippen LogP contribution < -0.4 is 4.74 Å². The molecule has 19 heavy (non-hydrogen) atoms. The first-order valence-corrected chi connectivity index (χ1v) is 7.18. The van der Waals surface area contributed by atoms with Gasteiger partial charge in [-0.2, -0.15) is 0 Å². The Balaban J connectivity index is 1.83. The van der Waals surface area contributed by atoms with Crippen molar-refractivity contribution in [2.24, 2.45) is 0 Å². The maximum Gasteiger partial charge on any atom is 0.119 e. The quantitative estimate of drug-likeness (QED) is 0.724. The molecule has 0 spiro atoms. The molecular weight excluding hydrogens is 256 g/mol. The number of methoxy groups -OCH3 is 1. The fourth-order valence-electron chi connectivity index (χ4n) is 2.29. The number of fused-ring (bicyclic) bond motifs is 1. The third-order valence-electron chi connectivity index (χ3n) is 3.40. The van der Waals surface area contributed by atoms with Gasteiger partial charge < -0.3 is 9.30 Å². The van der Waals surface area contributed by atoms with Crippen LogP contribution in [-0.4, -0.2) is 16.7 Å². The minimum Gasteiger partial charge on any atom is -0.497 e. The number of aryl methyl sites for hydroxylation is 3. The maximum atomic E-state index is 5.25. The predicted molar refractivity (Wildman–Crippen MR) is 79.0 cm³/mol. The van der Waals surface area contributed by atoms with E-state index in [1.807, 2.05) is 11.6 Å². The lowest BCUT2D eigenvalue weighted by atomic mass is 10.2. The van der Waals surface area contributed by atoms with Crippen LogP contribution in [0.4, 0.5) is 0 Å². The minimum absolute atomic E-state index is 0.906. The van der Waals surface area contributed by atoms with Gasteiger partial charge >= 0.3 is 0 Å². The molecule has 0 unspecified atom stereocenters. The van der Waals surface area contributed by atoms with Crippen molar-refractivity contribution < 1.29 is 4.74 Å². The van der Waals surface area contributed by atoms with E-state index in [0.29, 0.717) is 0 Å². The van der Waals surface area contributed by atoms with Crippen LogP contribution in [0.1, 0.15) is 10.6 Å². The molecule has 98 valence electrons. The summed E-state index contributed by atoms with van der Waals surface area (Å²) in [5.41, 5.74) is 4.33.